The molecule has 0 spiro atoms. The van der Waals surface area contributed by atoms with Crippen LogP contribution in [0.5, 0.6) is 0 Å². The smallest absolute Gasteiger partial charge is 0.253 e. The SMILES string of the molecule is Cc1cc2nc(N3CCCC3)cc(Nc3ccc(C(=O)N(C)CCc4ccccn4)cc3)n2n1. The van der Waals surface area contributed by atoms with Gasteiger partial charge in [-0.25, -0.2) is 4.98 Å². The molecule has 5 rings (SSSR count). The molecule has 1 aliphatic rings. The molecule has 3 aromatic heterocycles. The zero-order chi connectivity index (χ0) is 23.5. The Hall–Kier alpha value is -3.94. The van der Waals surface area contributed by atoms with Gasteiger partial charge in [-0.05, 0) is 56.2 Å². The molecule has 4 heterocycles. The molecule has 34 heavy (non-hydrogen) atoms. The zero-order valence-corrected chi connectivity index (χ0v) is 19.6. The first-order valence-corrected chi connectivity index (χ1v) is 11.7. The Kier molecular flexibility index (Phi) is 6.12. The number of carbonyl (C=O) groups is 1. The number of anilines is 3. The van der Waals surface area contributed by atoms with Gasteiger partial charge >= 0.3 is 0 Å². The van der Waals surface area contributed by atoms with Gasteiger partial charge < -0.3 is 15.1 Å². The fourth-order valence-corrected chi connectivity index (χ4v) is 4.27. The van der Waals surface area contributed by atoms with Gasteiger partial charge in [0, 0.05) is 68.4 Å². The van der Waals surface area contributed by atoms with Gasteiger partial charge in [0.15, 0.2) is 5.65 Å². The number of benzene rings is 1. The minimum absolute atomic E-state index is 0.00666. The minimum atomic E-state index is -0.00666. The molecule has 1 amide bonds. The number of likely N-dealkylation sites (N-methyl/N-ethyl adjacent to an activating group) is 1. The molecular weight excluding hydrogens is 426 g/mol. The van der Waals surface area contributed by atoms with Crippen molar-refractivity contribution in [3.8, 4) is 0 Å². The summed E-state index contributed by atoms with van der Waals surface area (Å²) in [5.74, 6) is 1.81. The monoisotopic (exact) mass is 455 g/mol. The highest BCUT2D eigenvalue weighted by Gasteiger charge is 2.17. The minimum Gasteiger partial charge on any atom is -0.356 e. The molecule has 1 saturated heterocycles. The molecule has 8 nitrogen and oxygen atoms in total. The van der Waals surface area contributed by atoms with Gasteiger partial charge in [0.1, 0.15) is 11.6 Å². The fraction of sp³-hybridized carbons (Fsp3) is 0.308. The van der Waals surface area contributed by atoms with Gasteiger partial charge in [0.2, 0.25) is 0 Å². The second-order valence-electron chi connectivity index (χ2n) is 8.75. The lowest BCUT2D eigenvalue weighted by molar-refractivity contribution is 0.0796. The lowest BCUT2D eigenvalue weighted by Crippen LogP contribution is -2.28. The Bertz CT molecular complexity index is 1280. The summed E-state index contributed by atoms with van der Waals surface area (Å²) in [6, 6.07) is 17.5. The van der Waals surface area contributed by atoms with Crippen molar-refractivity contribution in [3.63, 3.8) is 0 Å². The highest BCUT2D eigenvalue weighted by molar-refractivity contribution is 5.94. The van der Waals surface area contributed by atoms with Crippen molar-refractivity contribution in [3.05, 3.63) is 77.7 Å². The number of nitrogens with zero attached hydrogens (tertiary/aromatic N) is 6. The number of hydrogen-bond acceptors (Lipinski definition) is 6. The summed E-state index contributed by atoms with van der Waals surface area (Å²) < 4.78 is 1.83. The van der Waals surface area contributed by atoms with E-state index in [9.17, 15) is 4.79 Å². The summed E-state index contributed by atoms with van der Waals surface area (Å²) in [4.78, 5) is 26.0. The topological polar surface area (TPSA) is 78.7 Å². The summed E-state index contributed by atoms with van der Waals surface area (Å²) in [6.45, 7) is 4.64. The molecular formula is C26H29N7O. The van der Waals surface area contributed by atoms with Crippen LogP contribution in [-0.4, -0.2) is 57.1 Å². The molecule has 174 valence electrons. The lowest BCUT2D eigenvalue weighted by Gasteiger charge is -2.19. The van der Waals surface area contributed by atoms with Crippen LogP contribution in [0.2, 0.25) is 0 Å². The molecule has 0 saturated carbocycles. The van der Waals surface area contributed by atoms with E-state index >= 15 is 0 Å². The van der Waals surface area contributed by atoms with Crippen molar-refractivity contribution in [2.24, 2.45) is 0 Å². The molecule has 1 N–H and O–H groups in total. The van der Waals surface area contributed by atoms with Crippen LogP contribution < -0.4 is 10.2 Å². The number of fused-ring (bicyclic) bond motifs is 1. The number of carbonyl (C=O) groups excluding carboxylic acids is 1. The third-order valence-electron chi connectivity index (χ3n) is 6.15. The van der Waals surface area contributed by atoms with Crippen molar-refractivity contribution in [1.29, 1.82) is 0 Å². The van der Waals surface area contributed by atoms with E-state index < -0.39 is 0 Å². The van der Waals surface area contributed by atoms with E-state index in [-0.39, 0.29) is 5.91 Å². The van der Waals surface area contributed by atoms with Crippen molar-refractivity contribution in [2.75, 3.05) is 36.9 Å². The second-order valence-corrected chi connectivity index (χ2v) is 8.75. The molecule has 0 aliphatic carbocycles. The predicted octanol–water partition coefficient (Wildman–Crippen LogP) is 4.09. The largest absolute Gasteiger partial charge is 0.356 e. The van der Waals surface area contributed by atoms with Gasteiger partial charge in [0.25, 0.3) is 5.91 Å². The summed E-state index contributed by atoms with van der Waals surface area (Å²) in [6.07, 6.45) is 4.89. The number of nitrogens with one attached hydrogen (secondary N) is 1. The zero-order valence-electron chi connectivity index (χ0n) is 19.6. The number of aromatic nitrogens is 4. The molecule has 1 fully saturated rings. The van der Waals surface area contributed by atoms with Crippen LogP contribution >= 0.6 is 0 Å². The average Bonchev–Trinajstić information content (AvgIpc) is 3.53. The van der Waals surface area contributed by atoms with E-state index in [0.29, 0.717) is 12.1 Å². The van der Waals surface area contributed by atoms with Crippen LogP contribution in [0.25, 0.3) is 5.65 Å². The van der Waals surface area contributed by atoms with E-state index in [1.165, 1.54) is 12.8 Å². The first-order chi connectivity index (χ1) is 16.6. The Labute approximate surface area is 199 Å². The number of aryl methyl sites for hydroxylation is 1. The standard InChI is InChI=1S/C26H29N7O/c1-19-17-24-29-23(32-14-5-6-15-32)18-25(33(24)30-19)28-22-10-8-20(9-11-22)26(34)31(2)16-12-21-7-3-4-13-27-21/h3-4,7-11,13,17-18,28H,5-6,12,14-16H2,1-2H3. The Balaban J connectivity index is 1.30. The molecule has 1 aliphatic heterocycles. The molecule has 0 unspecified atom stereocenters. The first-order valence-electron chi connectivity index (χ1n) is 11.7. The molecule has 0 bridgehead atoms. The predicted molar refractivity (Wildman–Crippen MR) is 134 cm³/mol. The normalized spacial score (nSPS) is 13.4. The van der Waals surface area contributed by atoms with Crippen LogP contribution in [0.4, 0.5) is 17.3 Å². The molecule has 0 radical (unpaired) electrons. The van der Waals surface area contributed by atoms with Gasteiger partial charge in [0.05, 0.1) is 5.69 Å². The van der Waals surface area contributed by atoms with E-state index in [1.807, 2.05) is 67.0 Å². The quantitative estimate of drug-likeness (QED) is 0.452. The maximum absolute atomic E-state index is 12.9. The molecule has 4 aromatic rings. The molecule has 1 aromatic carbocycles. The average molecular weight is 456 g/mol. The van der Waals surface area contributed by atoms with Crippen LogP contribution in [0.15, 0.2) is 60.8 Å². The van der Waals surface area contributed by atoms with Crippen LogP contribution in [0.1, 0.15) is 34.6 Å². The van der Waals surface area contributed by atoms with E-state index in [2.05, 4.69) is 26.4 Å². The third-order valence-corrected chi connectivity index (χ3v) is 6.15. The highest BCUT2D eigenvalue weighted by atomic mass is 16.2. The van der Waals surface area contributed by atoms with Crippen molar-refractivity contribution >= 4 is 28.9 Å². The fourth-order valence-electron chi connectivity index (χ4n) is 4.27. The van der Waals surface area contributed by atoms with E-state index in [1.54, 1.807) is 11.1 Å². The first kappa shape index (κ1) is 21.9. The van der Waals surface area contributed by atoms with Gasteiger partial charge in [-0.15, -0.1) is 0 Å². The Morgan fingerprint density at radius 3 is 2.62 bits per heavy atom. The van der Waals surface area contributed by atoms with Crippen LogP contribution in [-0.2, 0) is 6.42 Å². The summed E-state index contributed by atoms with van der Waals surface area (Å²) in [5.41, 5.74) is 4.27. The third kappa shape index (κ3) is 4.71. The van der Waals surface area contributed by atoms with Crippen molar-refractivity contribution in [1.82, 2.24) is 24.5 Å². The molecule has 0 atom stereocenters. The number of rotatable bonds is 7. The number of amides is 1. The maximum Gasteiger partial charge on any atom is 0.253 e. The van der Waals surface area contributed by atoms with Crippen molar-refractivity contribution < 1.29 is 4.79 Å². The highest BCUT2D eigenvalue weighted by Crippen LogP contribution is 2.26. The summed E-state index contributed by atoms with van der Waals surface area (Å²) >= 11 is 0. The molecule has 8 heteroatoms. The Morgan fingerprint density at radius 2 is 1.88 bits per heavy atom. The lowest BCUT2D eigenvalue weighted by atomic mass is 10.1. The maximum atomic E-state index is 12.9. The second kappa shape index (κ2) is 9.51. The number of hydrogen-bond donors (Lipinski definition) is 1. The number of pyridine rings is 1. The van der Waals surface area contributed by atoms with E-state index in [0.717, 1.165) is 53.9 Å². The van der Waals surface area contributed by atoms with Gasteiger partial charge in [-0.3, -0.25) is 9.78 Å². The van der Waals surface area contributed by atoms with E-state index in [4.69, 9.17) is 4.98 Å². The summed E-state index contributed by atoms with van der Waals surface area (Å²) in [5, 5.41) is 8.07. The van der Waals surface area contributed by atoms with Crippen LogP contribution in [0.3, 0.4) is 0 Å². The summed E-state index contributed by atoms with van der Waals surface area (Å²) in [7, 11) is 1.82. The Morgan fingerprint density at radius 1 is 1.09 bits per heavy atom. The van der Waals surface area contributed by atoms with Gasteiger partial charge in [-0.1, -0.05) is 6.07 Å². The van der Waals surface area contributed by atoms with Crippen molar-refractivity contribution in [2.45, 2.75) is 26.2 Å². The van der Waals surface area contributed by atoms with Crippen LogP contribution in [0, 0.1) is 6.92 Å². The van der Waals surface area contributed by atoms with Gasteiger partial charge in [-0.2, -0.15) is 9.61 Å².